The van der Waals surface area contributed by atoms with Gasteiger partial charge in [0.1, 0.15) is 0 Å². The molecule has 0 aliphatic rings. The average Bonchev–Trinajstić information content (AvgIpc) is 3.00. The standard InChI is InChI=1S/C18H39N9.C13H28N8/c1-25(2)13-7-10-19-16-22-17(20-11-8-14-26(3)4)24-18(23-16)21-12-9-15-27(5)6;1-20(2)9-5-7-15-12-17-11(14)18-13(19-12)16-8-6-10-21(3)4/h7-15H2,1-6H3,(H3,19,20,21,22,23,24);5-10H2,1-4H3,(H4,14,15,16,17,18,19). The molecule has 0 aliphatic heterocycles. The molecule has 2 aromatic heterocycles. The van der Waals surface area contributed by atoms with Crippen LogP contribution in [0.1, 0.15) is 32.1 Å². The van der Waals surface area contributed by atoms with Gasteiger partial charge < -0.3 is 56.8 Å². The number of nitrogens with zero attached hydrogens (tertiary/aromatic N) is 11. The highest BCUT2D eigenvalue weighted by molar-refractivity contribution is 5.42. The Bertz CT molecular complexity index is 963. The molecule has 2 rings (SSSR count). The van der Waals surface area contributed by atoms with Crippen molar-refractivity contribution in [3.63, 3.8) is 0 Å². The van der Waals surface area contributed by atoms with E-state index in [4.69, 9.17) is 5.73 Å². The Balaban J connectivity index is 0.000000495. The summed E-state index contributed by atoms with van der Waals surface area (Å²) >= 11 is 0. The lowest BCUT2D eigenvalue weighted by molar-refractivity contribution is 0.404. The van der Waals surface area contributed by atoms with Crippen LogP contribution in [0.5, 0.6) is 0 Å². The van der Waals surface area contributed by atoms with Crippen molar-refractivity contribution in [1.29, 1.82) is 0 Å². The van der Waals surface area contributed by atoms with Crippen LogP contribution in [0.3, 0.4) is 0 Å². The summed E-state index contributed by atoms with van der Waals surface area (Å²) in [5.74, 6) is 3.14. The van der Waals surface area contributed by atoms with Crippen molar-refractivity contribution in [2.75, 3.05) is 168 Å². The number of hydrogen-bond donors (Lipinski definition) is 6. The summed E-state index contributed by atoms with van der Waals surface area (Å²) in [6, 6.07) is 0. The van der Waals surface area contributed by atoms with Crippen LogP contribution >= 0.6 is 0 Å². The zero-order valence-electron chi connectivity index (χ0n) is 31.6. The molecule has 0 fully saturated rings. The van der Waals surface area contributed by atoms with E-state index in [0.717, 1.165) is 97.6 Å². The van der Waals surface area contributed by atoms with Crippen molar-refractivity contribution in [3.8, 4) is 0 Å². The molecule has 2 aromatic rings. The minimum Gasteiger partial charge on any atom is -0.368 e. The zero-order valence-corrected chi connectivity index (χ0v) is 31.6. The fraction of sp³-hybridized carbons (Fsp3) is 0.806. The van der Waals surface area contributed by atoms with Crippen LogP contribution in [0.2, 0.25) is 0 Å². The summed E-state index contributed by atoms with van der Waals surface area (Å²) < 4.78 is 0. The van der Waals surface area contributed by atoms with E-state index in [-0.39, 0.29) is 5.95 Å². The van der Waals surface area contributed by atoms with Gasteiger partial charge in [0, 0.05) is 32.7 Å². The second-order valence-electron chi connectivity index (χ2n) is 13.1. The van der Waals surface area contributed by atoms with Crippen molar-refractivity contribution in [2.45, 2.75) is 32.1 Å². The number of hydrogen-bond acceptors (Lipinski definition) is 17. The molecular weight excluding hydrogens is 610 g/mol. The fourth-order valence-electron chi connectivity index (χ4n) is 4.14. The number of anilines is 6. The Morgan fingerprint density at radius 1 is 0.354 bits per heavy atom. The number of nitrogens with two attached hydrogens (primary N) is 1. The molecule has 7 N–H and O–H groups in total. The molecule has 0 atom stereocenters. The Hall–Kier alpha value is -3.38. The molecule has 17 heteroatoms. The molecular formula is C31H67N17. The first kappa shape index (κ1) is 42.6. The normalized spacial score (nSPS) is 11.3. The highest BCUT2D eigenvalue weighted by Crippen LogP contribution is 2.10. The van der Waals surface area contributed by atoms with Gasteiger partial charge in [-0.2, -0.15) is 29.9 Å². The van der Waals surface area contributed by atoms with Crippen LogP contribution in [-0.2, 0) is 0 Å². The van der Waals surface area contributed by atoms with Crippen molar-refractivity contribution in [1.82, 2.24) is 54.4 Å². The summed E-state index contributed by atoms with van der Waals surface area (Å²) in [5, 5.41) is 16.3. The molecule has 0 spiro atoms. The van der Waals surface area contributed by atoms with Crippen molar-refractivity contribution < 1.29 is 0 Å². The van der Waals surface area contributed by atoms with Crippen LogP contribution in [-0.4, -0.2) is 190 Å². The SMILES string of the molecule is CN(C)CCCNc1nc(N)nc(NCCCN(C)C)n1.CN(C)CCCNc1nc(NCCCN(C)C)nc(NCCCN(C)C)n1. The summed E-state index contributed by atoms with van der Waals surface area (Å²) in [4.78, 5) is 36.8. The van der Waals surface area contributed by atoms with E-state index in [1.807, 2.05) is 0 Å². The van der Waals surface area contributed by atoms with Gasteiger partial charge in [-0.1, -0.05) is 0 Å². The van der Waals surface area contributed by atoms with E-state index < -0.39 is 0 Å². The van der Waals surface area contributed by atoms with E-state index in [2.05, 4.69) is 151 Å². The fourth-order valence-corrected chi connectivity index (χ4v) is 4.14. The lowest BCUT2D eigenvalue weighted by Gasteiger charge is -2.14. The molecule has 17 nitrogen and oxygen atoms in total. The molecule has 48 heavy (non-hydrogen) atoms. The molecule has 0 radical (unpaired) electrons. The Kier molecular flexibility index (Phi) is 22.8. The maximum absolute atomic E-state index is 5.71. The second-order valence-corrected chi connectivity index (χ2v) is 13.1. The van der Waals surface area contributed by atoms with Gasteiger partial charge in [0.2, 0.25) is 35.7 Å². The topological polar surface area (TPSA) is 180 Å². The predicted molar refractivity (Wildman–Crippen MR) is 202 cm³/mol. The minimum atomic E-state index is 0.232. The Morgan fingerprint density at radius 2 is 0.542 bits per heavy atom. The second kappa shape index (κ2) is 25.6. The summed E-state index contributed by atoms with van der Waals surface area (Å²) in [6.07, 6.45) is 5.15. The quantitative estimate of drug-likeness (QED) is 0.0823. The Morgan fingerprint density at radius 3 is 0.729 bits per heavy atom. The molecule has 0 saturated carbocycles. The van der Waals surface area contributed by atoms with E-state index in [9.17, 15) is 0 Å². The first-order valence-corrected chi connectivity index (χ1v) is 17.0. The first-order valence-electron chi connectivity index (χ1n) is 17.0. The van der Waals surface area contributed by atoms with Crippen molar-refractivity contribution in [3.05, 3.63) is 0 Å². The summed E-state index contributed by atoms with van der Waals surface area (Å²) in [6.45, 7) is 9.25. The third-order valence-corrected chi connectivity index (χ3v) is 6.61. The van der Waals surface area contributed by atoms with Gasteiger partial charge in [-0.3, -0.25) is 0 Å². The van der Waals surface area contributed by atoms with Gasteiger partial charge in [-0.25, -0.2) is 0 Å². The molecule has 0 saturated heterocycles. The van der Waals surface area contributed by atoms with Crippen LogP contribution in [0.4, 0.5) is 35.7 Å². The predicted octanol–water partition coefficient (Wildman–Crippen LogP) is 1.14. The lowest BCUT2D eigenvalue weighted by atomic mass is 10.4. The molecule has 276 valence electrons. The lowest BCUT2D eigenvalue weighted by Crippen LogP contribution is -2.20. The minimum absolute atomic E-state index is 0.232. The number of aromatic nitrogens is 6. The van der Waals surface area contributed by atoms with Gasteiger partial charge >= 0.3 is 0 Å². The molecule has 0 unspecified atom stereocenters. The molecule has 0 aromatic carbocycles. The summed E-state index contributed by atoms with van der Waals surface area (Å²) in [5.41, 5.74) is 5.71. The van der Waals surface area contributed by atoms with Gasteiger partial charge in [0.25, 0.3) is 0 Å². The van der Waals surface area contributed by atoms with Crippen LogP contribution in [0, 0.1) is 0 Å². The highest BCUT2D eigenvalue weighted by atomic mass is 15.3. The average molecular weight is 678 g/mol. The van der Waals surface area contributed by atoms with E-state index in [1.54, 1.807) is 0 Å². The van der Waals surface area contributed by atoms with Crippen molar-refractivity contribution in [2.24, 2.45) is 0 Å². The maximum Gasteiger partial charge on any atom is 0.229 e. The van der Waals surface area contributed by atoms with Crippen LogP contribution < -0.4 is 32.3 Å². The van der Waals surface area contributed by atoms with Crippen LogP contribution in [0.15, 0.2) is 0 Å². The number of nitrogen functional groups attached to an aromatic ring is 1. The molecule has 0 amide bonds. The molecule has 2 heterocycles. The number of rotatable bonds is 25. The Labute approximate surface area is 290 Å². The van der Waals surface area contributed by atoms with E-state index >= 15 is 0 Å². The van der Waals surface area contributed by atoms with E-state index in [0.29, 0.717) is 29.7 Å². The zero-order chi connectivity index (χ0) is 35.7. The van der Waals surface area contributed by atoms with Gasteiger partial charge in [-0.15, -0.1) is 0 Å². The van der Waals surface area contributed by atoms with Gasteiger partial charge in [0.15, 0.2) is 0 Å². The largest absolute Gasteiger partial charge is 0.368 e. The third kappa shape index (κ3) is 23.9. The monoisotopic (exact) mass is 678 g/mol. The maximum atomic E-state index is 5.71. The van der Waals surface area contributed by atoms with Crippen LogP contribution in [0.25, 0.3) is 0 Å². The first-order chi connectivity index (χ1) is 22.8. The van der Waals surface area contributed by atoms with Gasteiger partial charge in [-0.05, 0) is 135 Å². The molecule has 0 bridgehead atoms. The van der Waals surface area contributed by atoms with Gasteiger partial charge in [0.05, 0.1) is 0 Å². The highest BCUT2D eigenvalue weighted by Gasteiger charge is 2.07. The summed E-state index contributed by atoms with van der Waals surface area (Å²) in [7, 11) is 20.7. The number of nitrogens with one attached hydrogen (secondary N) is 5. The van der Waals surface area contributed by atoms with Crippen molar-refractivity contribution >= 4 is 35.7 Å². The third-order valence-electron chi connectivity index (χ3n) is 6.61. The van der Waals surface area contributed by atoms with E-state index in [1.165, 1.54) is 0 Å². The smallest absolute Gasteiger partial charge is 0.229 e. The molecule has 0 aliphatic carbocycles.